The zero-order valence-electron chi connectivity index (χ0n) is 9.93. The highest BCUT2D eigenvalue weighted by molar-refractivity contribution is 8.78. The van der Waals surface area contributed by atoms with Gasteiger partial charge in [0.05, 0.1) is 0 Å². The summed E-state index contributed by atoms with van der Waals surface area (Å²) in [5.74, 6) is 0. The SMILES string of the molecule is Cc1cccc(SSC2=C/C=C\CCC=C2)c1. The Morgan fingerprint density at radius 3 is 2.82 bits per heavy atom. The quantitative estimate of drug-likeness (QED) is 0.656. The van der Waals surface area contributed by atoms with Crippen molar-refractivity contribution in [2.45, 2.75) is 24.7 Å². The lowest BCUT2D eigenvalue weighted by atomic mass is 10.2. The van der Waals surface area contributed by atoms with Gasteiger partial charge in [-0.1, -0.05) is 58.0 Å². The lowest BCUT2D eigenvalue weighted by Gasteiger charge is -2.03. The summed E-state index contributed by atoms with van der Waals surface area (Å²) in [5.41, 5.74) is 1.32. The summed E-state index contributed by atoms with van der Waals surface area (Å²) in [6, 6.07) is 8.63. The molecular formula is C15H16S2. The van der Waals surface area contributed by atoms with E-state index >= 15 is 0 Å². The van der Waals surface area contributed by atoms with Gasteiger partial charge in [0.25, 0.3) is 0 Å². The lowest BCUT2D eigenvalue weighted by molar-refractivity contribution is 1.05. The first kappa shape index (κ1) is 12.6. The summed E-state index contributed by atoms with van der Waals surface area (Å²) < 4.78 is 0. The average Bonchev–Trinajstić information content (AvgIpc) is 2.27. The van der Waals surface area contributed by atoms with Crippen LogP contribution in [-0.2, 0) is 0 Å². The molecule has 0 aliphatic heterocycles. The molecule has 0 amide bonds. The van der Waals surface area contributed by atoms with Crippen LogP contribution in [0.3, 0.4) is 0 Å². The van der Waals surface area contributed by atoms with E-state index in [-0.39, 0.29) is 0 Å². The van der Waals surface area contributed by atoms with Crippen molar-refractivity contribution < 1.29 is 0 Å². The van der Waals surface area contributed by atoms with Gasteiger partial charge in [0.15, 0.2) is 0 Å². The molecule has 1 aliphatic rings. The highest BCUT2D eigenvalue weighted by Gasteiger charge is 1.98. The Bertz CT molecular complexity index is 456. The fraction of sp³-hybridized carbons (Fsp3) is 0.200. The number of hydrogen-bond donors (Lipinski definition) is 0. The van der Waals surface area contributed by atoms with Gasteiger partial charge in [0.2, 0.25) is 0 Å². The van der Waals surface area contributed by atoms with Crippen LogP contribution < -0.4 is 0 Å². The molecular weight excluding hydrogens is 244 g/mol. The fourth-order valence-electron chi connectivity index (χ4n) is 1.53. The molecule has 0 fully saturated rings. The summed E-state index contributed by atoms with van der Waals surface area (Å²) in [7, 11) is 3.64. The van der Waals surface area contributed by atoms with E-state index in [9.17, 15) is 0 Å². The highest BCUT2D eigenvalue weighted by atomic mass is 33.1. The molecule has 0 spiro atoms. The van der Waals surface area contributed by atoms with Crippen molar-refractivity contribution >= 4 is 21.6 Å². The standard InChI is InChI=1S/C15H16S2/c1-13-8-7-11-15(12-13)17-16-14-9-5-3-2-4-6-10-14/h3,5-12H,2,4H2,1H3/b5-3-,10-6?,14-9?. The molecule has 2 rings (SSSR count). The Labute approximate surface area is 111 Å². The molecule has 0 atom stereocenters. The van der Waals surface area contributed by atoms with Crippen LogP contribution in [0.4, 0.5) is 0 Å². The van der Waals surface area contributed by atoms with Crippen molar-refractivity contribution in [1.82, 2.24) is 0 Å². The summed E-state index contributed by atoms with van der Waals surface area (Å²) in [4.78, 5) is 2.63. The van der Waals surface area contributed by atoms with E-state index in [0.717, 1.165) is 12.8 Å². The van der Waals surface area contributed by atoms with E-state index in [2.05, 4.69) is 61.6 Å². The maximum atomic E-state index is 2.25. The zero-order valence-corrected chi connectivity index (χ0v) is 11.6. The molecule has 0 aromatic heterocycles. The molecule has 1 aliphatic carbocycles. The van der Waals surface area contributed by atoms with Gasteiger partial charge in [0, 0.05) is 9.80 Å². The van der Waals surface area contributed by atoms with Gasteiger partial charge in [0.1, 0.15) is 0 Å². The Balaban J connectivity index is 1.97. The third kappa shape index (κ3) is 4.49. The van der Waals surface area contributed by atoms with Crippen molar-refractivity contribution in [3.63, 3.8) is 0 Å². The molecule has 88 valence electrons. The molecule has 0 radical (unpaired) electrons. The van der Waals surface area contributed by atoms with Crippen LogP contribution in [0.5, 0.6) is 0 Å². The van der Waals surface area contributed by atoms with E-state index in [1.165, 1.54) is 15.4 Å². The van der Waals surface area contributed by atoms with E-state index in [1.807, 2.05) is 21.6 Å². The van der Waals surface area contributed by atoms with Crippen LogP contribution in [0, 0.1) is 6.92 Å². The first-order valence-corrected chi connectivity index (χ1v) is 7.94. The molecule has 0 saturated carbocycles. The first-order chi connectivity index (χ1) is 8.34. The molecule has 0 bridgehead atoms. The van der Waals surface area contributed by atoms with Crippen molar-refractivity contribution in [3.8, 4) is 0 Å². The van der Waals surface area contributed by atoms with Gasteiger partial charge in [-0.05, 0) is 43.5 Å². The second-order valence-corrected chi connectivity index (χ2v) is 6.24. The Kier molecular flexibility index (Phi) is 5.02. The zero-order chi connectivity index (χ0) is 11.9. The summed E-state index contributed by atoms with van der Waals surface area (Å²) in [5, 5.41) is 0. The Hall–Kier alpha value is -0.860. The second kappa shape index (κ2) is 6.77. The van der Waals surface area contributed by atoms with Crippen molar-refractivity contribution in [1.29, 1.82) is 0 Å². The summed E-state index contributed by atoms with van der Waals surface area (Å²) in [6.07, 6.45) is 13.3. The minimum absolute atomic E-state index is 1.14. The molecule has 0 unspecified atom stereocenters. The maximum absolute atomic E-state index is 2.25. The van der Waals surface area contributed by atoms with Gasteiger partial charge in [-0.25, -0.2) is 0 Å². The summed E-state index contributed by atoms with van der Waals surface area (Å²) >= 11 is 0. The topological polar surface area (TPSA) is 0 Å². The van der Waals surface area contributed by atoms with E-state index < -0.39 is 0 Å². The molecule has 17 heavy (non-hydrogen) atoms. The fourth-order valence-corrected chi connectivity index (χ4v) is 3.59. The molecule has 1 aromatic carbocycles. The molecule has 0 saturated heterocycles. The minimum Gasteiger partial charge on any atom is -0.0842 e. The van der Waals surface area contributed by atoms with Gasteiger partial charge in [-0.15, -0.1) is 0 Å². The van der Waals surface area contributed by atoms with Gasteiger partial charge in [-0.2, -0.15) is 0 Å². The van der Waals surface area contributed by atoms with Crippen molar-refractivity contribution in [2.24, 2.45) is 0 Å². The highest BCUT2D eigenvalue weighted by Crippen LogP contribution is 2.37. The smallest absolute Gasteiger partial charge is 0.0188 e. The van der Waals surface area contributed by atoms with Gasteiger partial charge in [-0.3, -0.25) is 0 Å². The lowest BCUT2D eigenvalue weighted by Crippen LogP contribution is -1.75. The number of rotatable bonds is 3. The predicted molar refractivity (Wildman–Crippen MR) is 80.2 cm³/mol. The van der Waals surface area contributed by atoms with Crippen LogP contribution >= 0.6 is 21.6 Å². The molecule has 0 heterocycles. The predicted octanol–water partition coefficient (Wildman–Crippen LogP) is 5.53. The number of hydrogen-bond acceptors (Lipinski definition) is 2. The second-order valence-electron chi connectivity index (χ2n) is 3.96. The molecule has 1 aromatic rings. The third-order valence-corrected chi connectivity index (χ3v) is 4.80. The van der Waals surface area contributed by atoms with Gasteiger partial charge < -0.3 is 0 Å². The number of benzene rings is 1. The summed E-state index contributed by atoms with van der Waals surface area (Å²) in [6.45, 7) is 2.13. The Morgan fingerprint density at radius 2 is 1.94 bits per heavy atom. The van der Waals surface area contributed by atoms with Crippen LogP contribution in [0.15, 0.2) is 64.4 Å². The molecule has 2 heteroatoms. The van der Waals surface area contributed by atoms with Crippen LogP contribution in [0.2, 0.25) is 0 Å². The van der Waals surface area contributed by atoms with E-state index in [0.29, 0.717) is 0 Å². The molecule has 0 N–H and O–H groups in total. The average molecular weight is 260 g/mol. The van der Waals surface area contributed by atoms with Crippen LogP contribution in [-0.4, -0.2) is 0 Å². The number of allylic oxidation sites excluding steroid dienone is 5. The minimum atomic E-state index is 1.14. The van der Waals surface area contributed by atoms with Crippen LogP contribution in [0.25, 0.3) is 0 Å². The van der Waals surface area contributed by atoms with Crippen molar-refractivity contribution in [2.75, 3.05) is 0 Å². The number of aryl methyl sites for hydroxylation is 1. The maximum Gasteiger partial charge on any atom is 0.0188 e. The van der Waals surface area contributed by atoms with Crippen LogP contribution in [0.1, 0.15) is 18.4 Å². The molecule has 0 nitrogen and oxygen atoms in total. The normalized spacial score (nSPS) is 17.1. The van der Waals surface area contributed by atoms with Crippen molar-refractivity contribution in [3.05, 3.63) is 65.1 Å². The third-order valence-electron chi connectivity index (χ3n) is 2.40. The Morgan fingerprint density at radius 1 is 1.06 bits per heavy atom. The van der Waals surface area contributed by atoms with E-state index in [4.69, 9.17) is 0 Å². The first-order valence-electron chi connectivity index (χ1n) is 5.79. The monoisotopic (exact) mass is 260 g/mol. The largest absolute Gasteiger partial charge is 0.0842 e. The van der Waals surface area contributed by atoms with Gasteiger partial charge >= 0.3 is 0 Å². The van der Waals surface area contributed by atoms with E-state index in [1.54, 1.807) is 0 Å².